The van der Waals surface area contributed by atoms with Gasteiger partial charge in [-0.25, -0.2) is 4.79 Å². The van der Waals surface area contributed by atoms with Gasteiger partial charge in [0.05, 0.1) is 13.0 Å². The number of nitrogens with one attached hydrogen (secondary N) is 2. The average Bonchev–Trinajstić information content (AvgIpc) is 3.16. The molecule has 1 aromatic heterocycles. The summed E-state index contributed by atoms with van der Waals surface area (Å²) in [6, 6.07) is 1.15. The normalized spacial score (nSPS) is 20.2. The fourth-order valence-corrected chi connectivity index (χ4v) is 3.41. The Hall–Kier alpha value is -2.69. The monoisotopic (exact) mass is 471 g/mol. The van der Waals surface area contributed by atoms with Gasteiger partial charge in [0.1, 0.15) is 24.2 Å². The number of aromatic nitrogens is 2. The molecule has 3 N–H and O–H groups in total. The van der Waals surface area contributed by atoms with Crippen molar-refractivity contribution in [3.05, 3.63) is 33.1 Å². The number of hydrogen-bond donors (Lipinski definition) is 3. The van der Waals surface area contributed by atoms with E-state index in [1.807, 2.05) is 0 Å². The highest BCUT2D eigenvalue weighted by Crippen LogP contribution is 2.29. The molecule has 2 heterocycles. The summed E-state index contributed by atoms with van der Waals surface area (Å²) in [6.45, 7) is -0.0643. The number of nitrogens with zero attached hydrogens (tertiary/aromatic N) is 1. The summed E-state index contributed by atoms with van der Waals surface area (Å²) in [5.74, 6) is -1.23. The number of amides is 1. The first kappa shape index (κ1) is 25.6. The minimum atomic E-state index is -0.858. The Morgan fingerprint density at radius 1 is 1.25 bits per heavy atom. The number of esters is 1. The summed E-state index contributed by atoms with van der Waals surface area (Å²) >= 11 is 0. The van der Waals surface area contributed by atoms with Crippen molar-refractivity contribution in [3.8, 4) is 0 Å². The van der Waals surface area contributed by atoms with Gasteiger partial charge >= 0.3 is 11.7 Å². The molecule has 0 spiro atoms. The van der Waals surface area contributed by atoms with Gasteiger partial charge in [-0.2, -0.15) is 0 Å². The Kier molecular flexibility index (Phi) is 10.4. The molecule has 12 nitrogen and oxygen atoms in total. The highest BCUT2D eigenvalue weighted by Gasteiger charge is 2.38. The maximum absolute atomic E-state index is 12.1. The minimum Gasteiger partial charge on any atom is -0.459 e. The number of rotatable bonds is 13. The van der Waals surface area contributed by atoms with Crippen molar-refractivity contribution >= 4 is 26.1 Å². The summed E-state index contributed by atoms with van der Waals surface area (Å²) in [6.07, 6.45) is -0.449. The first-order valence-electron chi connectivity index (χ1n) is 10.2. The van der Waals surface area contributed by atoms with E-state index in [1.54, 1.807) is 0 Å². The predicted octanol–water partition coefficient (Wildman–Crippen LogP) is -0.344. The van der Waals surface area contributed by atoms with Crippen molar-refractivity contribution in [2.45, 2.75) is 57.0 Å². The lowest BCUT2D eigenvalue weighted by molar-refractivity contribution is -0.154. The van der Waals surface area contributed by atoms with Crippen LogP contribution in [-0.4, -0.2) is 63.8 Å². The second-order valence-electron chi connectivity index (χ2n) is 7.19. The number of hydrogen-bond acceptors (Lipinski definition) is 9. The van der Waals surface area contributed by atoms with Gasteiger partial charge in [0.25, 0.3) is 5.56 Å². The van der Waals surface area contributed by atoms with Gasteiger partial charge in [-0.1, -0.05) is 0 Å². The van der Waals surface area contributed by atoms with E-state index in [0.717, 1.165) is 10.6 Å². The number of aliphatic hydroxyl groups is 1. The Bertz CT molecular complexity index is 929. The van der Waals surface area contributed by atoms with Gasteiger partial charge in [0.15, 0.2) is 8.46 Å². The molecule has 0 aromatic carbocycles. The topological polar surface area (TPSA) is 174 Å². The SMILES string of the molecule is O=PCCCNC(=O)CCC(=O)CCC(=O)O[C@@H]1C[C@H](n2ccc(=O)[nH]c2=O)O[C@@H]1CO. The molecule has 1 aliphatic heterocycles. The third kappa shape index (κ3) is 8.10. The largest absolute Gasteiger partial charge is 0.459 e. The van der Waals surface area contributed by atoms with Crippen LogP contribution < -0.4 is 16.6 Å². The molecule has 1 fully saturated rings. The second-order valence-corrected chi connectivity index (χ2v) is 7.89. The van der Waals surface area contributed by atoms with E-state index in [4.69, 9.17) is 9.47 Å². The first-order valence-corrected chi connectivity index (χ1v) is 11.2. The van der Waals surface area contributed by atoms with Crippen molar-refractivity contribution in [1.82, 2.24) is 14.9 Å². The van der Waals surface area contributed by atoms with Gasteiger partial charge < -0.3 is 19.9 Å². The van der Waals surface area contributed by atoms with Crippen LogP contribution >= 0.6 is 8.46 Å². The molecule has 0 aliphatic carbocycles. The number of carbonyl (C=O) groups excluding carboxylic acids is 3. The van der Waals surface area contributed by atoms with Gasteiger partial charge in [-0.05, 0) is 6.42 Å². The zero-order chi connectivity index (χ0) is 23.5. The molecule has 32 heavy (non-hydrogen) atoms. The first-order chi connectivity index (χ1) is 15.3. The molecule has 13 heteroatoms. The van der Waals surface area contributed by atoms with Crippen LogP contribution in [0.2, 0.25) is 0 Å². The zero-order valence-corrected chi connectivity index (χ0v) is 18.3. The summed E-state index contributed by atoms with van der Waals surface area (Å²) in [5.41, 5.74) is -1.25. The van der Waals surface area contributed by atoms with Crippen LogP contribution in [0, 0.1) is 0 Å². The molecule has 1 aromatic rings. The van der Waals surface area contributed by atoms with Crippen LogP contribution in [0.3, 0.4) is 0 Å². The van der Waals surface area contributed by atoms with Crippen LogP contribution in [0.25, 0.3) is 0 Å². The van der Waals surface area contributed by atoms with Crippen LogP contribution in [0.1, 0.15) is 44.8 Å². The predicted molar refractivity (Wildman–Crippen MR) is 110 cm³/mol. The van der Waals surface area contributed by atoms with E-state index in [0.29, 0.717) is 19.1 Å². The molecule has 3 atom stereocenters. The number of ketones is 1. The molecule has 1 aliphatic rings. The molecule has 0 unspecified atom stereocenters. The quantitative estimate of drug-likeness (QED) is 0.197. The zero-order valence-electron chi connectivity index (χ0n) is 17.4. The van der Waals surface area contributed by atoms with E-state index < -0.39 is 42.3 Å². The lowest BCUT2D eigenvalue weighted by Crippen LogP contribution is -2.31. The molecular weight excluding hydrogens is 445 g/mol. The maximum atomic E-state index is 12.1. The maximum Gasteiger partial charge on any atom is 0.330 e. The fourth-order valence-electron chi connectivity index (χ4n) is 3.12. The molecule has 0 saturated carbocycles. The van der Waals surface area contributed by atoms with Crippen LogP contribution in [-0.2, 0) is 28.4 Å². The van der Waals surface area contributed by atoms with E-state index in [-0.39, 0.29) is 52.3 Å². The van der Waals surface area contributed by atoms with Crippen molar-refractivity contribution in [1.29, 1.82) is 0 Å². The average molecular weight is 471 g/mol. The molecule has 1 saturated heterocycles. The summed E-state index contributed by atoms with van der Waals surface area (Å²) in [7, 11) is 0.0204. The van der Waals surface area contributed by atoms with Crippen molar-refractivity contribution < 1.29 is 33.5 Å². The summed E-state index contributed by atoms with van der Waals surface area (Å²) < 4.78 is 22.3. The van der Waals surface area contributed by atoms with E-state index in [1.165, 1.54) is 6.20 Å². The Balaban J connectivity index is 1.75. The standard InChI is InChI=1S/C19H26N3O9P/c23-11-14-13(10-17(30-14)22-8-6-16(26)21-19(22)28)31-18(27)5-3-12(24)2-4-15(25)20-7-1-9-32-29/h6,8,13-14,17,23H,1-5,7,9-11H2,(H,20,25)(H,21,26,28)/t13-,14-,17-/m1/s1. The second kappa shape index (κ2) is 13.0. The Morgan fingerprint density at radius 3 is 2.69 bits per heavy atom. The molecule has 1 amide bonds. The van der Waals surface area contributed by atoms with E-state index >= 15 is 0 Å². The molecule has 0 radical (unpaired) electrons. The van der Waals surface area contributed by atoms with Gasteiger partial charge in [0.2, 0.25) is 5.91 Å². The van der Waals surface area contributed by atoms with Crippen molar-refractivity contribution in [3.63, 3.8) is 0 Å². The van der Waals surface area contributed by atoms with Crippen molar-refractivity contribution in [2.24, 2.45) is 0 Å². The Labute approximate surface area is 184 Å². The smallest absolute Gasteiger partial charge is 0.330 e. The minimum absolute atomic E-state index is 0.00161. The fraction of sp³-hybridized carbons (Fsp3) is 0.632. The van der Waals surface area contributed by atoms with Crippen LogP contribution in [0.15, 0.2) is 21.9 Å². The lowest BCUT2D eigenvalue weighted by Gasteiger charge is -2.16. The third-order valence-corrected chi connectivity index (χ3v) is 5.29. The summed E-state index contributed by atoms with van der Waals surface area (Å²) in [4.78, 5) is 60.9. The lowest BCUT2D eigenvalue weighted by atomic mass is 10.1. The number of aliphatic hydroxyl groups excluding tert-OH is 1. The Morgan fingerprint density at radius 2 is 2.00 bits per heavy atom. The van der Waals surface area contributed by atoms with Crippen LogP contribution in [0.5, 0.6) is 0 Å². The van der Waals surface area contributed by atoms with Gasteiger partial charge in [-0.15, -0.1) is 0 Å². The van der Waals surface area contributed by atoms with E-state index in [9.17, 15) is 33.6 Å². The third-order valence-electron chi connectivity index (χ3n) is 4.79. The molecule has 176 valence electrons. The highest BCUT2D eigenvalue weighted by atomic mass is 31.1. The summed E-state index contributed by atoms with van der Waals surface area (Å²) in [5, 5.41) is 12.1. The number of Topliss-reactive ketones (excluding diaryl/α,β-unsaturated/α-hetero) is 1. The number of carbonyl (C=O) groups is 3. The van der Waals surface area contributed by atoms with Crippen molar-refractivity contribution in [2.75, 3.05) is 19.3 Å². The number of aromatic amines is 1. The molecule has 0 bridgehead atoms. The number of H-pyrrole nitrogens is 1. The van der Waals surface area contributed by atoms with Gasteiger partial charge in [0, 0.05) is 50.7 Å². The van der Waals surface area contributed by atoms with Crippen LogP contribution in [0.4, 0.5) is 0 Å². The molecule has 2 rings (SSSR count). The van der Waals surface area contributed by atoms with Gasteiger partial charge in [-0.3, -0.25) is 33.3 Å². The van der Waals surface area contributed by atoms with E-state index in [2.05, 4.69) is 10.3 Å². The highest BCUT2D eigenvalue weighted by molar-refractivity contribution is 7.23. The molecular formula is C19H26N3O9P. The number of ether oxygens (including phenoxy) is 2.